The van der Waals surface area contributed by atoms with Gasteiger partial charge in [-0.1, -0.05) is 18.6 Å². The van der Waals surface area contributed by atoms with E-state index >= 15 is 0 Å². The second kappa shape index (κ2) is 6.00. The van der Waals surface area contributed by atoms with E-state index in [2.05, 4.69) is 10.6 Å². The summed E-state index contributed by atoms with van der Waals surface area (Å²) in [4.78, 5) is 0. The van der Waals surface area contributed by atoms with Crippen LogP contribution < -0.4 is 15.4 Å². The Hall–Kier alpha value is -1.29. The maximum atomic E-state index is 5.61. The summed E-state index contributed by atoms with van der Waals surface area (Å²) < 4.78 is 5.61. The van der Waals surface area contributed by atoms with Crippen LogP contribution in [-0.4, -0.2) is 17.8 Å². The second-order valence-electron chi connectivity index (χ2n) is 5.81. The van der Waals surface area contributed by atoms with Crippen molar-refractivity contribution in [3.63, 3.8) is 0 Å². The van der Waals surface area contributed by atoms with E-state index in [1.807, 2.05) is 31.2 Å². The third-order valence-corrected chi connectivity index (χ3v) is 4.71. The molecule has 1 aromatic carbocycles. The summed E-state index contributed by atoms with van der Waals surface area (Å²) in [7, 11) is 0. The first-order chi connectivity index (χ1) is 9.76. The molecule has 0 spiro atoms. The fraction of sp³-hybridized carbons (Fsp3) is 0.562. The number of nitrogens with one attached hydrogen (secondary N) is 2. The normalized spacial score (nSPS) is 27.4. The minimum Gasteiger partial charge on any atom is -0.492 e. The molecule has 0 aliphatic heterocycles. The highest BCUT2D eigenvalue weighted by Crippen LogP contribution is 2.44. The molecule has 3 nitrogen and oxygen atoms in total. The first-order valence-electron chi connectivity index (χ1n) is 7.55. The van der Waals surface area contributed by atoms with Crippen molar-refractivity contribution < 1.29 is 4.74 Å². The van der Waals surface area contributed by atoms with E-state index in [9.17, 15) is 0 Å². The first-order valence-corrected chi connectivity index (χ1v) is 7.96. The molecule has 2 saturated carbocycles. The van der Waals surface area contributed by atoms with Gasteiger partial charge in [0.25, 0.3) is 0 Å². The fourth-order valence-electron chi connectivity index (χ4n) is 3.60. The van der Waals surface area contributed by atoms with E-state index in [1.54, 1.807) is 0 Å². The van der Waals surface area contributed by atoms with Gasteiger partial charge in [-0.3, -0.25) is 0 Å². The third-order valence-electron chi connectivity index (χ3n) is 4.49. The van der Waals surface area contributed by atoms with Gasteiger partial charge in [-0.2, -0.15) is 0 Å². The molecule has 4 heteroatoms. The summed E-state index contributed by atoms with van der Waals surface area (Å²) in [6.07, 6.45) is 5.44. The summed E-state index contributed by atoms with van der Waals surface area (Å²) >= 11 is 5.45. The van der Waals surface area contributed by atoms with Crippen molar-refractivity contribution in [1.82, 2.24) is 5.32 Å². The number of thiocarbonyl (C=S) groups is 1. The molecule has 2 N–H and O–H groups in total. The highest BCUT2D eigenvalue weighted by atomic mass is 32.1. The van der Waals surface area contributed by atoms with E-state index in [1.165, 1.54) is 25.7 Å². The molecule has 2 aliphatic rings. The Morgan fingerprint density at radius 1 is 1.30 bits per heavy atom. The van der Waals surface area contributed by atoms with E-state index < -0.39 is 0 Å². The molecule has 0 heterocycles. The minimum absolute atomic E-state index is 0.563. The van der Waals surface area contributed by atoms with Crippen molar-refractivity contribution >= 4 is 23.0 Å². The van der Waals surface area contributed by atoms with E-state index in [-0.39, 0.29) is 0 Å². The van der Waals surface area contributed by atoms with Crippen molar-refractivity contribution in [2.75, 3.05) is 11.9 Å². The summed E-state index contributed by atoms with van der Waals surface area (Å²) in [5.74, 6) is 2.60. The number of ether oxygens (including phenoxy) is 1. The topological polar surface area (TPSA) is 33.3 Å². The second-order valence-corrected chi connectivity index (χ2v) is 6.22. The zero-order chi connectivity index (χ0) is 13.9. The number of fused-ring (bicyclic) bond motifs is 2. The van der Waals surface area contributed by atoms with Crippen molar-refractivity contribution in [3.05, 3.63) is 24.3 Å². The molecule has 2 fully saturated rings. The minimum atomic E-state index is 0.563. The predicted molar refractivity (Wildman–Crippen MR) is 86.2 cm³/mol. The predicted octanol–water partition coefficient (Wildman–Crippen LogP) is 3.56. The smallest absolute Gasteiger partial charge is 0.171 e. The Kier molecular flexibility index (Phi) is 4.10. The Balaban J connectivity index is 1.59. The molecule has 0 aromatic heterocycles. The third kappa shape index (κ3) is 2.90. The largest absolute Gasteiger partial charge is 0.492 e. The molecule has 0 radical (unpaired) electrons. The number of benzene rings is 1. The van der Waals surface area contributed by atoms with Crippen molar-refractivity contribution in [2.24, 2.45) is 11.8 Å². The number of para-hydroxylation sites is 2. The van der Waals surface area contributed by atoms with Gasteiger partial charge in [0.05, 0.1) is 12.3 Å². The lowest BCUT2D eigenvalue weighted by Gasteiger charge is -2.25. The van der Waals surface area contributed by atoms with Crippen LogP contribution in [0.2, 0.25) is 0 Å². The molecule has 1 aromatic rings. The number of anilines is 1. The Labute approximate surface area is 126 Å². The molecule has 0 amide bonds. The monoisotopic (exact) mass is 290 g/mol. The maximum absolute atomic E-state index is 5.61. The molecular weight excluding hydrogens is 268 g/mol. The number of hydrogen-bond acceptors (Lipinski definition) is 2. The molecular formula is C16H22N2OS. The average Bonchev–Trinajstić information content (AvgIpc) is 3.03. The molecule has 2 aliphatic carbocycles. The van der Waals surface area contributed by atoms with Crippen LogP contribution >= 0.6 is 12.2 Å². The van der Waals surface area contributed by atoms with E-state index in [0.29, 0.717) is 12.6 Å². The van der Waals surface area contributed by atoms with Crippen molar-refractivity contribution in [2.45, 2.75) is 38.6 Å². The van der Waals surface area contributed by atoms with Gasteiger partial charge in [-0.05, 0) is 62.4 Å². The Morgan fingerprint density at radius 2 is 2.15 bits per heavy atom. The van der Waals surface area contributed by atoms with Crippen LogP contribution in [0, 0.1) is 11.8 Å². The number of rotatable bonds is 4. The fourth-order valence-corrected chi connectivity index (χ4v) is 3.86. The molecule has 20 heavy (non-hydrogen) atoms. The van der Waals surface area contributed by atoms with Gasteiger partial charge in [0, 0.05) is 6.04 Å². The van der Waals surface area contributed by atoms with Gasteiger partial charge in [0.2, 0.25) is 0 Å². The highest BCUT2D eigenvalue weighted by Gasteiger charge is 2.39. The lowest BCUT2D eigenvalue weighted by Crippen LogP contribution is -2.40. The first kappa shape index (κ1) is 13.7. The van der Waals surface area contributed by atoms with Crippen LogP contribution in [0.1, 0.15) is 32.6 Å². The van der Waals surface area contributed by atoms with Crippen LogP contribution in [0.4, 0.5) is 5.69 Å². The van der Waals surface area contributed by atoms with Crippen molar-refractivity contribution in [1.29, 1.82) is 0 Å². The summed E-state index contributed by atoms with van der Waals surface area (Å²) in [5.41, 5.74) is 0.940. The van der Waals surface area contributed by atoms with Gasteiger partial charge in [-0.25, -0.2) is 0 Å². The molecule has 0 saturated heterocycles. The highest BCUT2D eigenvalue weighted by molar-refractivity contribution is 7.80. The van der Waals surface area contributed by atoms with Gasteiger partial charge in [0.15, 0.2) is 5.11 Å². The average molecular weight is 290 g/mol. The molecule has 2 bridgehead atoms. The SMILES string of the molecule is CCOc1ccccc1NC(=S)N[C@@H]1C[C@H]2CC[C@H]1C2. The van der Waals surface area contributed by atoms with Gasteiger partial charge in [0.1, 0.15) is 5.75 Å². The molecule has 0 unspecified atom stereocenters. The zero-order valence-corrected chi connectivity index (χ0v) is 12.7. The maximum Gasteiger partial charge on any atom is 0.171 e. The van der Waals surface area contributed by atoms with E-state index in [0.717, 1.165) is 28.4 Å². The van der Waals surface area contributed by atoms with Crippen LogP contribution in [-0.2, 0) is 0 Å². The molecule has 3 atom stereocenters. The van der Waals surface area contributed by atoms with E-state index in [4.69, 9.17) is 17.0 Å². The van der Waals surface area contributed by atoms with Crippen molar-refractivity contribution in [3.8, 4) is 5.75 Å². The molecule has 3 rings (SSSR count). The van der Waals surface area contributed by atoms with Crippen LogP contribution in [0.3, 0.4) is 0 Å². The summed E-state index contributed by atoms with van der Waals surface area (Å²) in [6, 6.07) is 8.49. The summed E-state index contributed by atoms with van der Waals surface area (Å²) in [5, 5.41) is 7.49. The van der Waals surface area contributed by atoms with Gasteiger partial charge in [-0.15, -0.1) is 0 Å². The van der Waals surface area contributed by atoms with Crippen LogP contribution in [0.5, 0.6) is 5.75 Å². The lowest BCUT2D eigenvalue weighted by molar-refractivity contribution is 0.342. The zero-order valence-electron chi connectivity index (χ0n) is 11.9. The van der Waals surface area contributed by atoms with Crippen LogP contribution in [0.15, 0.2) is 24.3 Å². The summed E-state index contributed by atoms with van der Waals surface area (Å²) in [6.45, 7) is 2.65. The Morgan fingerprint density at radius 3 is 2.85 bits per heavy atom. The van der Waals surface area contributed by atoms with Crippen LogP contribution in [0.25, 0.3) is 0 Å². The molecule has 108 valence electrons. The quantitative estimate of drug-likeness (QED) is 0.831. The number of hydrogen-bond donors (Lipinski definition) is 2. The standard InChI is InChI=1S/C16H22N2OS/c1-2-19-15-6-4-3-5-13(15)17-16(20)18-14-10-11-7-8-12(14)9-11/h3-6,11-12,14H,2,7-10H2,1H3,(H2,17,18,20)/t11-,12-,14+/m0/s1. The Bertz CT molecular complexity index is 491. The van der Waals surface area contributed by atoms with Gasteiger partial charge < -0.3 is 15.4 Å². The van der Waals surface area contributed by atoms with Gasteiger partial charge >= 0.3 is 0 Å². The lowest BCUT2D eigenvalue weighted by atomic mass is 9.96.